The average Bonchev–Trinajstić information content (AvgIpc) is 3.17. The van der Waals surface area contributed by atoms with Crippen molar-refractivity contribution in [2.24, 2.45) is 14.1 Å². The lowest BCUT2D eigenvalue weighted by Crippen LogP contribution is -2.12. The first-order chi connectivity index (χ1) is 13.7. The van der Waals surface area contributed by atoms with Crippen molar-refractivity contribution >= 4 is 32.2 Å². The molecule has 0 aliphatic rings. The van der Waals surface area contributed by atoms with E-state index < -0.39 is 9.84 Å². The maximum absolute atomic E-state index is 12.6. The van der Waals surface area contributed by atoms with Crippen LogP contribution in [-0.4, -0.2) is 39.2 Å². The number of anilines is 2. The van der Waals surface area contributed by atoms with Crippen molar-refractivity contribution in [1.82, 2.24) is 24.5 Å². The number of aromatic nitrogens is 5. The quantitative estimate of drug-likeness (QED) is 0.516. The third kappa shape index (κ3) is 3.66. The van der Waals surface area contributed by atoms with Crippen LogP contribution in [0.25, 0.3) is 11.0 Å². The Balaban J connectivity index is 1.86. The summed E-state index contributed by atoms with van der Waals surface area (Å²) < 4.78 is 27.4. The summed E-state index contributed by atoms with van der Waals surface area (Å²) in [7, 11) is -0.00469. The third-order valence-corrected chi connectivity index (χ3v) is 5.71. The lowest BCUT2D eigenvalue weighted by atomic mass is 10.1. The fourth-order valence-corrected chi connectivity index (χ4v) is 4.09. The van der Waals surface area contributed by atoms with Gasteiger partial charge in [-0.05, 0) is 24.3 Å². The molecule has 4 aromatic rings. The van der Waals surface area contributed by atoms with E-state index in [-0.39, 0.29) is 10.5 Å². The lowest BCUT2D eigenvalue weighted by molar-refractivity contribution is 0.602. The number of benzene rings is 1. The van der Waals surface area contributed by atoms with Gasteiger partial charge in [0.15, 0.2) is 15.5 Å². The van der Waals surface area contributed by atoms with Gasteiger partial charge >= 0.3 is 0 Å². The summed E-state index contributed by atoms with van der Waals surface area (Å²) in [6.45, 7) is 0. The Hall–Kier alpha value is -3.40. The van der Waals surface area contributed by atoms with Gasteiger partial charge in [-0.15, -0.1) is 0 Å². The molecule has 2 N–H and O–H groups in total. The number of sulfone groups is 1. The number of nitrogens with zero attached hydrogens (tertiary/aromatic N) is 4. The zero-order chi connectivity index (χ0) is 20.8. The first-order valence-corrected chi connectivity index (χ1v) is 10.7. The van der Waals surface area contributed by atoms with Crippen molar-refractivity contribution in [2.75, 3.05) is 11.6 Å². The van der Waals surface area contributed by atoms with Crippen LogP contribution >= 0.6 is 0 Å². The van der Waals surface area contributed by atoms with Gasteiger partial charge < -0.3 is 5.32 Å². The Morgan fingerprint density at radius 2 is 1.86 bits per heavy atom. The summed E-state index contributed by atoms with van der Waals surface area (Å²) in [5.74, 6) is 0. The molecule has 4 rings (SSSR count). The summed E-state index contributed by atoms with van der Waals surface area (Å²) >= 11 is 0. The van der Waals surface area contributed by atoms with E-state index in [4.69, 9.17) is 0 Å². The molecule has 0 aliphatic heterocycles. The molecule has 150 valence electrons. The predicted molar refractivity (Wildman–Crippen MR) is 110 cm³/mol. The Morgan fingerprint density at radius 1 is 1.10 bits per heavy atom. The summed E-state index contributed by atoms with van der Waals surface area (Å²) in [5.41, 5.74) is 2.58. The zero-order valence-electron chi connectivity index (χ0n) is 16.2. The number of H-pyrrole nitrogens is 1. The van der Waals surface area contributed by atoms with Crippen LogP contribution in [0.2, 0.25) is 0 Å². The minimum atomic E-state index is -3.45. The van der Waals surface area contributed by atoms with Crippen molar-refractivity contribution in [3.05, 3.63) is 64.3 Å². The number of nitrogens with one attached hydrogen (secondary N) is 2. The highest BCUT2D eigenvalue weighted by molar-refractivity contribution is 7.90. The maximum atomic E-state index is 12.6. The lowest BCUT2D eigenvalue weighted by Gasteiger charge is -2.12. The van der Waals surface area contributed by atoms with Crippen molar-refractivity contribution in [3.63, 3.8) is 0 Å². The van der Waals surface area contributed by atoms with Crippen molar-refractivity contribution in [2.45, 2.75) is 11.3 Å². The van der Waals surface area contributed by atoms with E-state index in [0.717, 1.165) is 11.9 Å². The van der Waals surface area contributed by atoms with Gasteiger partial charge in [0.2, 0.25) is 0 Å². The van der Waals surface area contributed by atoms with Crippen molar-refractivity contribution in [3.8, 4) is 0 Å². The number of fused-ring (bicyclic) bond motifs is 1. The molecule has 0 spiro atoms. The van der Waals surface area contributed by atoms with Gasteiger partial charge in [-0.1, -0.05) is 12.1 Å². The number of para-hydroxylation sites is 1. The van der Waals surface area contributed by atoms with Crippen LogP contribution in [0, 0.1) is 0 Å². The number of aromatic amines is 1. The van der Waals surface area contributed by atoms with Crippen LogP contribution in [0.1, 0.15) is 11.4 Å². The fourth-order valence-electron chi connectivity index (χ4n) is 3.24. The first kappa shape index (κ1) is 18.9. The molecule has 9 nitrogen and oxygen atoms in total. The van der Waals surface area contributed by atoms with Gasteiger partial charge in [0.25, 0.3) is 5.56 Å². The van der Waals surface area contributed by atoms with Crippen LogP contribution in [0.4, 0.5) is 11.4 Å². The van der Waals surface area contributed by atoms with E-state index in [9.17, 15) is 13.2 Å². The summed E-state index contributed by atoms with van der Waals surface area (Å²) in [6, 6.07) is 10.2. The van der Waals surface area contributed by atoms with Crippen LogP contribution in [0.5, 0.6) is 0 Å². The molecule has 29 heavy (non-hydrogen) atoms. The molecule has 0 bridgehead atoms. The standard InChI is InChI=1S/C19H20N6O3S/c1-24-9-8-12(22-24)10-13-11-15(17-18(20-13)23-25(2)19(17)26)21-14-6-4-5-7-16(14)29(3,27)28/h4-9,11H,10H2,1-3H3,(H2,20,21,23). The van der Waals surface area contributed by atoms with Crippen LogP contribution in [0.15, 0.2) is 52.3 Å². The van der Waals surface area contributed by atoms with Gasteiger partial charge in [-0.25, -0.2) is 13.4 Å². The summed E-state index contributed by atoms with van der Waals surface area (Å²) in [4.78, 5) is 17.3. The van der Waals surface area contributed by atoms with E-state index in [1.807, 2.05) is 19.3 Å². The fraction of sp³-hybridized carbons (Fsp3) is 0.211. The zero-order valence-corrected chi connectivity index (χ0v) is 17.0. The molecule has 1 aromatic carbocycles. The summed E-state index contributed by atoms with van der Waals surface area (Å²) in [5, 5.41) is 10.8. The number of pyridine rings is 1. The van der Waals surface area contributed by atoms with E-state index in [0.29, 0.717) is 34.5 Å². The molecule has 0 saturated carbocycles. The molecular weight excluding hydrogens is 392 g/mol. The second-order valence-electron chi connectivity index (χ2n) is 6.91. The highest BCUT2D eigenvalue weighted by Gasteiger charge is 2.17. The van der Waals surface area contributed by atoms with Crippen LogP contribution in [-0.2, 0) is 30.4 Å². The van der Waals surface area contributed by atoms with Crippen LogP contribution < -0.4 is 10.9 Å². The van der Waals surface area contributed by atoms with E-state index in [2.05, 4.69) is 20.5 Å². The van der Waals surface area contributed by atoms with Crippen LogP contribution in [0.3, 0.4) is 0 Å². The second-order valence-corrected chi connectivity index (χ2v) is 8.90. The topological polar surface area (TPSA) is 115 Å². The van der Waals surface area contributed by atoms with E-state index in [1.54, 1.807) is 36.0 Å². The number of rotatable bonds is 5. The number of hydrogen-bond acceptors (Lipinski definition) is 6. The van der Waals surface area contributed by atoms with Gasteiger partial charge in [-0.3, -0.25) is 19.3 Å². The number of hydrogen-bond donors (Lipinski definition) is 2. The molecule has 0 radical (unpaired) electrons. The molecular formula is C19H20N6O3S. The Morgan fingerprint density at radius 3 is 2.55 bits per heavy atom. The number of aryl methyl sites for hydroxylation is 2. The smallest absolute Gasteiger partial charge is 0.277 e. The van der Waals surface area contributed by atoms with E-state index >= 15 is 0 Å². The molecule has 0 amide bonds. The minimum absolute atomic E-state index is 0.156. The first-order valence-electron chi connectivity index (χ1n) is 8.85. The molecule has 0 atom stereocenters. The van der Waals surface area contributed by atoms with Gasteiger partial charge in [0.1, 0.15) is 5.39 Å². The Kier molecular flexibility index (Phi) is 4.50. The summed E-state index contributed by atoms with van der Waals surface area (Å²) in [6.07, 6.45) is 3.47. The van der Waals surface area contributed by atoms with Gasteiger partial charge in [0.05, 0.1) is 27.7 Å². The normalized spacial score (nSPS) is 11.8. The second kappa shape index (κ2) is 6.89. The van der Waals surface area contributed by atoms with Gasteiger partial charge in [-0.2, -0.15) is 5.10 Å². The van der Waals surface area contributed by atoms with E-state index in [1.165, 1.54) is 10.7 Å². The predicted octanol–water partition coefficient (Wildman–Crippen LogP) is 1.73. The molecule has 0 fully saturated rings. The van der Waals surface area contributed by atoms with Crippen molar-refractivity contribution < 1.29 is 8.42 Å². The Labute approximate surface area is 166 Å². The molecule has 0 aliphatic carbocycles. The molecule has 0 unspecified atom stereocenters. The monoisotopic (exact) mass is 412 g/mol. The minimum Gasteiger partial charge on any atom is -0.354 e. The third-order valence-electron chi connectivity index (χ3n) is 4.55. The highest BCUT2D eigenvalue weighted by atomic mass is 32.2. The molecule has 10 heteroatoms. The average molecular weight is 412 g/mol. The van der Waals surface area contributed by atoms with Gasteiger partial charge in [0, 0.05) is 33.0 Å². The van der Waals surface area contributed by atoms with Crippen molar-refractivity contribution in [1.29, 1.82) is 0 Å². The SMILES string of the molecule is Cn1ccc(Cc2cc(Nc3ccccc3S(C)(=O)=O)c3c(=O)n(C)[nH]c3n2)n1. The largest absolute Gasteiger partial charge is 0.354 e. The Bertz CT molecular complexity index is 1380. The highest BCUT2D eigenvalue weighted by Crippen LogP contribution is 2.28. The molecule has 3 aromatic heterocycles. The molecule has 0 saturated heterocycles. The molecule has 3 heterocycles. The maximum Gasteiger partial charge on any atom is 0.277 e.